The van der Waals surface area contributed by atoms with E-state index in [2.05, 4.69) is 59.2 Å². The third-order valence-corrected chi connectivity index (χ3v) is 5.47. The van der Waals surface area contributed by atoms with Crippen molar-refractivity contribution in [2.45, 2.75) is 12.8 Å². The monoisotopic (exact) mass is 420 g/mol. The van der Waals surface area contributed by atoms with Crippen LogP contribution < -0.4 is 10.6 Å². The number of rotatable bonds is 10. The van der Waals surface area contributed by atoms with Crippen LogP contribution in [0.3, 0.4) is 0 Å². The van der Waals surface area contributed by atoms with Gasteiger partial charge in [0.05, 0.1) is 0 Å². The second-order valence-corrected chi connectivity index (χ2v) is 7.81. The summed E-state index contributed by atoms with van der Waals surface area (Å²) in [6.45, 7) is 1.71. The molecule has 0 unspecified atom stereocenters. The number of carbonyl (C=O) groups is 1. The second-order valence-electron chi connectivity index (χ2n) is 7.81. The number of hydrogen-bond donors (Lipinski definition) is 2. The number of benzene rings is 4. The molecule has 0 radical (unpaired) electrons. The molecule has 0 aliphatic heterocycles. The van der Waals surface area contributed by atoms with Crippen molar-refractivity contribution in [2.24, 2.45) is 0 Å². The van der Waals surface area contributed by atoms with Gasteiger partial charge in [-0.1, -0.05) is 60.7 Å². The summed E-state index contributed by atoms with van der Waals surface area (Å²) in [7, 11) is 0. The predicted molar refractivity (Wildman–Crippen MR) is 134 cm³/mol. The van der Waals surface area contributed by atoms with Crippen molar-refractivity contribution in [1.29, 1.82) is 0 Å². The molecule has 0 bridgehead atoms. The molecule has 0 saturated carbocycles. The van der Waals surface area contributed by atoms with E-state index in [1.165, 1.54) is 11.1 Å². The molecule has 0 atom stereocenters. The molecule has 0 spiro atoms. The molecule has 0 amide bonds. The van der Waals surface area contributed by atoms with Gasteiger partial charge in [-0.3, -0.25) is 4.79 Å². The molecule has 4 aromatic carbocycles. The lowest BCUT2D eigenvalue weighted by atomic mass is 10.0. The fourth-order valence-corrected chi connectivity index (χ4v) is 3.64. The first-order valence-corrected chi connectivity index (χ1v) is 11.1. The van der Waals surface area contributed by atoms with Crippen LogP contribution in [0, 0.1) is 0 Å². The molecular weight excluding hydrogens is 392 g/mol. The van der Waals surface area contributed by atoms with Gasteiger partial charge in [-0.25, -0.2) is 0 Å². The van der Waals surface area contributed by atoms with E-state index in [-0.39, 0.29) is 5.78 Å². The third-order valence-electron chi connectivity index (χ3n) is 5.47. The topological polar surface area (TPSA) is 41.1 Å². The van der Waals surface area contributed by atoms with Crippen molar-refractivity contribution in [3.63, 3.8) is 0 Å². The van der Waals surface area contributed by atoms with Crippen LogP contribution in [0.2, 0.25) is 0 Å². The highest BCUT2D eigenvalue weighted by atomic mass is 16.1. The molecule has 0 heterocycles. The summed E-state index contributed by atoms with van der Waals surface area (Å²) in [6, 6.07) is 36.3. The van der Waals surface area contributed by atoms with Gasteiger partial charge in [0.25, 0.3) is 0 Å². The Balaban J connectivity index is 1.26. The molecule has 3 heteroatoms. The van der Waals surface area contributed by atoms with Crippen LogP contribution in [0.1, 0.15) is 27.0 Å². The van der Waals surface area contributed by atoms with Crippen LogP contribution in [0.4, 0.5) is 11.4 Å². The molecule has 0 aliphatic rings. The van der Waals surface area contributed by atoms with Crippen molar-refractivity contribution in [3.05, 3.63) is 131 Å². The molecule has 32 heavy (non-hydrogen) atoms. The van der Waals surface area contributed by atoms with Gasteiger partial charge in [-0.2, -0.15) is 0 Å². The molecule has 2 N–H and O–H groups in total. The summed E-state index contributed by atoms with van der Waals surface area (Å²) in [5, 5.41) is 6.84. The zero-order valence-electron chi connectivity index (χ0n) is 18.1. The zero-order chi connectivity index (χ0) is 22.0. The van der Waals surface area contributed by atoms with Gasteiger partial charge < -0.3 is 10.6 Å². The zero-order valence-corrected chi connectivity index (χ0v) is 18.1. The number of hydrogen-bond acceptors (Lipinski definition) is 3. The Hall–Kier alpha value is -3.85. The summed E-state index contributed by atoms with van der Waals surface area (Å²) in [5.41, 5.74) is 6.06. The summed E-state index contributed by atoms with van der Waals surface area (Å²) in [6.07, 6.45) is 1.93. The van der Waals surface area contributed by atoms with E-state index in [0.29, 0.717) is 11.1 Å². The average molecular weight is 421 g/mol. The van der Waals surface area contributed by atoms with Gasteiger partial charge >= 0.3 is 0 Å². The van der Waals surface area contributed by atoms with Crippen LogP contribution in [-0.2, 0) is 12.8 Å². The number of ketones is 1. The number of nitrogens with one attached hydrogen (secondary N) is 2. The third kappa shape index (κ3) is 6.08. The highest BCUT2D eigenvalue weighted by molar-refractivity contribution is 6.09. The Bertz CT molecular complexity index is 1010. The molecule has 0 fully saturated rings. The van der Waals surface area contributed by atoms with Crippen LogP contribution >= 0.6 is 0 Å². The molecule has 4 rings (SSSR count). The molecule has 0 saturated heterocycles. The van der Waals surface area contributed by atoms with Crippen molar-refractivity contribution < 1.29 is 4.79 Å². The van der Waals surface area contributed by atoms with Gasteiger partial charge in [0.1, 0.15) is 0 Å². The van der Waals surface area contributed by atoms with Gasteiger partial charge in [-0.05, 0) is 72.5 Å². The first-order valence-electron chi connectivity index (χ1n) is 11.1. The lowest BCUT2D eigenvalue weighted by Crippen LogP contribution is -2.06. The second kappa shape index (κ2) is 11.0. The van der Waals surface area contributed by atoms with E-state index in [1.54, 1.807) is 0 Å². The highest BCUT2D eigenvalue weighted by Gasteiger charge is 2.09. The van der Waals surface area contributed by atoms with Gasteiger partial charge in [-0.15, -0.1) is 0 Å². The van der Waals surface area contributed by atoms with Crippen molar-refractivity contribution >= 4 is 17.2 Å². The first kappa shape index (κ1) is 21.4. The Kier molecular flexibility index (Phi) is 7.33. The molecule has 3 nitrogen and oxygen atoms in total. The molecule has 0 aromatic heterocycles. The SMILES string of the molecule is O=C(c1ccc(NCCc2ccccc2)cc1)c1ccc(NCCc2ccccc2)cc1. The van der Waals surface area contributed by atoms with Gasteiger partial charge in [0, 0.05) is 35.6 Å². The molecule has 4 aromatic rings. The van der Waals surface area contributed by atoms with Crippen molar-refractivity contribution in [2.75, 3.05) is 23.7 Å². The Morgan fingerprint density at radius 2 is 0.875 bits per heavy atom. The summed E-state index contributed by atoms with van der Waals surface area (Å²) < 4.78 is 0. The number of anilines is 2. The van der Waals surface area contributed by atoms with E-state index in [9.17, 15) is 4.79 Å². The first-order chi connectivity index (χ1) is 15.8. The van der Waals surface area contributed by atoms with Crippen molar-refractivity contribution in [1.82, 2.24) is 0 Å². The van der Waals surface area contributed by atoms with Crippen LogP contribution in [0.25, 0.3) is 0 Å². The fraction of sp³-hybridized carbons (Fsp3) is 0.138. The van der Waals surface area contributed by atoms with Crippen molar-refractivity contribution in [3.8, 4) is 0 Å². The summed E-state index contributed by atoms with van der Waals surface area (Å²) in [4.78, 5) is 12.8. The maximum Gasteiger partial charge on any atom is 0.193 e. The lowest BCUT2D eigenvalue weighted by molar-refractivity contribution is 0.103. The van der Waals surface area contributed by atoms with E-state index < -0.39 is 0 Å². The van der Waals surface area contributed by atoms with Gasteiger partial charge in [0.15, 0.2) is 5.78 Å². The molecule has 160 valence electrons. The predicted octanol–water partition coefficient (Wildman–Crippen LogP) is 6.23. The smallest absolute Gasteiger partial charge is 0.193 e. The summed E-state index contributed by atoms with van der Waals surface area (Å²) in [5.74, 6) is 0.0386. The van der Waals surface area contributed by atoms with E-state index in [4.69, 9.17) is 0 Å². The standard InChI is InChI=1S/C29H28N2O/c32-29(25-11-15-27(16-12-25)30-21-19-23-7-3-1-4-8-23)26-13-17-28(18-14-26)31-22-20-24-9-5-2-6-10-24/h1-18,30-31H,19-22H2. The Labute approximate surface area is 190 Å². The average Bonchev–Trinajstić information content (AvgIpc) is 2.86. The maximum absolute atomic E-state index is 12.8. The minimum absolute atomic E-state index is 0.0386. The Morgan fingerprint density at radius 1 is 0.500 bits per heavy atom. The largest absolute Gasteiger partial charge is 0.385 e. The molecule has 0 aliphatic carbocycles. The van der Waals surface area contributed by atoms with Gasteiger partial charge in [0.2, 0.25) is 0 Å². The summed E-state index contributed by atoms with van der Waals surface area (Å²) >= 11 is 0. The minimum Gasteiger partial charge on any atom is -0.385 e. The minimum atomic E-state index is 0.0386. The molecular formula is C29H28N2O. The quantitative estimate of drug-likeness (QED) is 0.299. The number of carbonyl (C=O) groups excluding carboxylic acids is 1. The maximum atomic E-state index is 12.8. The van der Waals surface area contributed by atoms with Crippen LogP contribution in [0.5, 0.6) is 0 Å². The van der Waals surface area contributed by atoms with Crippen LogP contribution in [-0.4, -0.2) is 18.9 Å². The fourth-order valence-electron chi connectivity index (χ4n) is 3.64. The van der Waals surface area contributed by atoms with Crippen LogP contribution in [0.15, 0.2) is 109 Å². The van der Waals surface area contributed by atoms with E-state index >= 15 is 0 Å². The lowest BCUT2D eigenvalue weighted by Gasteiger charge is -2.09. The Morgan fingerprint density at radius 3 is 1.25 bits per heavy atom. The normalized spacial score (nSPS) is 10.5. The van der Waals surface area contributed by atoms with E-state index in [0.717, 1.165) is 37.3 Å². The highest BCUT2D eigenvalue weighted by Crippen LogP contribution is 2.16. The van der Waals surface area contributed by atoms with E-state index in [1.807, 2.05) is 60.7 Å².